The van der Waals surface area contributed by atoms with Gasteiger partial charge in [-0.05, 0) is 36.8 Å². The second-order valence-corrected chi connectivity index (χ2v) is 5.31. The summed E-state index contributed by atoms with van der Waals surface area (Å²) >= 11 is 9.35. The van der Waals surface area contributed by atoms with Crippen molar-refractivity contribution in [3.8, 4) is 11.5 Å². The van der Waals surface area contributed by atoms with Crippen LogP contribution in [0.15, 0.2) is 40.9 Å². The number of rotatable bonds is 3. The van der Waals surface area contributed by atoms with E-state index in [4.69, 9.17) is 22.1 Å². The molecule has 2 aromatic rings. The molecule has 0 saturated heterocycles. The van der Waals surface area contributed by atoms with Crippen molar-refractivity contribution in [2.45, 2.75) is 6.92 Å². The highest BCUT2D eigenvalue weighted by Gasteiger charge is 2.15. The van der Waals surface area contributed by atoms with Gasteiger partial charge in [0.1, 0.15) is 17.1 Å². The minimum atomic E-state index is -0.617. The fraction of sp³-hybridized carbons (Fsp3) is 0.0714. The van der Waals surface area contributed by atoms with Gasteiger partial charge in [-0.1, -0.05) is 39.7 Å². The average molecular weight is 341 g/mol. The molecule has 0 aromatic heterocycles. The Morgan fingerprint density at radius 3 is 2.68 bits per heavy atom. The number of aryl methyl sites for hydroxylation is 1. The quantitative estimate of drug-likeness (QED) is 0.905. The number of benzene rings is 2. The largest absolute Gasteiger partial charge is 0.456 e. The molecule has 0 unspecified atom stereocenters. The molecule has 0 bridgehead atoms. The third-order valence-electron chi connectivity index (χ3n) is 2.59. The van der Waals surface area contributed by atoms with Crippen LogP contribution in [0.2, 0.25) is 5.02 Å². The summed E-state index contributed by atoms with van der Waals surface area (Å²) in [5.41, 5.74) is 6.45. The summed E-state index contributed by atoms with van der Waals surface area (Å²) in [6.45, 7) is 1.91. The van der Waals surface area contributed by atoms with Gasteiger partial charge < -0.3 is 10.5 Å². The van der Waals surface area contributed by atoms with Crippen molar-refractivity contribution in [3.05, 3.63) is 57.0 Å². The molecule has 2 rings (SSSR count). The van der Waals surface area contributed by atoms with Gasteiger partial charge in [0.05, 0.1) is 5.02 Å². The molecule has 5 heteroatoms. The number of halogens is 2. The lowest BCUT2D eigenvalue weighted by molar-refractivity contribution is 0.0998. The van der Waals surface area contributed by atoms with Gasteiger partial charge in [-0.15, -0.1) is 0 Å². The monoisotopic (exact) mass is 339 g/mol. The summed E-state index contributed by atoms with van der Waals surface area (Å²) in [5.74, 6) is 0.369. The molecule has 0 radical (unpaired) electrons. The molecule has 0 saturated carbocycles. The van der Waals surface area contributed by atoms with E-state index in [2.05, 4.69) is 15.9 Å². The summed E-state index contributed by atoms with van der Waals surface area (Å²) in [7, 11) is 0. The summed E-state index contributed by atoms with van der Waals surface area (Å²) in [4.78, 5) is 11.4. The molecule has 0 aliphatic carbocycles. The van der Waals surface area contributed by atoms with Gasteiger partial charge in [0.15, 0.2) is 0 Å². The highest BCUT2D eigenvalue weighted by Crippen LogP contribution is 2.32. The first kappa shape index (κ1) is 13.9. The topological polar surface area (TPSA) is 52.3 Å². The van der Waals surface area contributed by atoms with Crippen molar-refractivity contribution < 1.29 is 9.53 Å². The summed E-state index contributed by atoms with van der Waals surface area (Å²) in [6.07, 6.45) is 0. The molecule has 0 aliphatic heterocycles. The van der Waals surface area contributed by atoms with Crippen LogP contribution >= 0.6 is 27.5 Å². The van der Waals surface area contributed by atoms with E-state index in [1.165, 1.54) is 0 Å². The van der Waals surface area contributed by atoms with Crippen molar-refractivity contribution in [1.82, 2.24) is 0 Å². The van der Waals surface area contributed by atoms with E-state index in [-0.39, 0.29) is 10.6 Å². The van der Waals surface area contributed by atoms with E-state index >= 15 is 0 Å². The van der Waals surface area contributed by atoms with Crippen molar-refractivity contribution >= 4 is 33.4 Å². The lowest BCUT2D eigenvalue weighted by atomic mass is 10.2. The van der Waals surface area contributed by atoms with Crippen molar-refractivity contribution in [2.75, 3.05) is 0 Å². The third-order valence-corrected chi connectivity index (χ3v) is 3.40. The first-order valence-corrected chi connectivity index (χ1v) is 6.68. The average Bonchev–Trinajstić information content (AvgIpc) is 2.33. The maximum atomic E-state index is 11.4. The van der Waals surface area contributed by atoms with Gasteiger partial charge in [-0.2, -0.15) is 0 Å². The van der Waals surface area contributed by atoms with E-state index in [1.807, 2.05) is 25.1 Å². The van der Waals surface area contributed by atoms with Crippen LogP contribution in [-0.4, -0.2) is 5.91 Å². The zero-order valence-corrected chi connectivity index (χ0v) is 12.5. The van der Waals surface area contributed by atoms with Crippen LogP contribution in [0.4, 0.5) is 0 Å². The summed E-state index contributed by atoms with van der Waals surface area (Å²) in [5, 5.41) is 0.276. The molecule has 0 heterocycles. The number of primary amides is 1. The van der Waals surface area contributed by atoms with Crippen LogP contribution in [0, 0.1) is 6.92 Å². The van der Waals surface area contributed by atoms with Gasteiger partial charge >= 0.3 is 0 Å². The molecule has 2 N–H and O–H groups in total. The third kappa shape index (κ3) is 3.08. The molecule has 19 heavy (non-hydrogen) atoms. The maximum Gasteiger partial charge on any atom is 0.254 e. The fourth-order valence-electron chi connectivity index (χ4n) is 1.63. The molecule has 1 amide bonds. The van der Waals surface area contributed by atoms with Gasteiger partial charge in [-0.25, -0.2) is 0 Å². The second kappa shape index (κ2) is 5.63. The molecule has 0 spiro atoms. The van der Waals surface area contributed by atoms with Crippen LogP contribution in [0.1, 0.15) is 15.9 Å². The summed E-state index contributed by atoms with van der Waals surface area (Å²) in [6, 6.07) is 10.6. The zero-order valence-electron chi connectivity index (χ0n) is 10.1. The van der Waals surface area contributed by atoms with E-state index in [0.29, 0.717) is 11.5 Å². The molecular formula is C14H11BrClNO2. The molecule has 98 valence electrons. The highest BCUT2D eigenvalue weighted by molar-refractivity contribution is 9.10. The highest BCUT2D eigenvalue weighted by atomic mass is 79.9. The number of carbonyl (C=O) groups excluding carboxylic acids is 1. The smallest absolute Gasteiger partial charge is 0.254 e. The Morgan fingerprint density at radius 1 is 1.26 bits per heavy atom. The Balaban J connectivity index is 2.46. The number of nitrogens with two attached hydrogens (primary N) is 1. The summed E-state index contributed by atoms with van der Waals surface area (Å²) < 4.78 is 6.63. The molecular weight excluding hydrogens is 330 g/mol. The fourth-order valence-corrected chi connectivity index (χ4v) is 2.23. The SMILES string of the molecule is Cc1ccc(Br)cc1Oc1cccc(Cl)c1C(N)=O. The maximum absolute atomic E-state index is 11.4. The zero-order chi connectivity index (χ0) is 14.0. The molecule has 3 nitrogen and oxygen atoms in total. The lowest BCUT2D eigenvalue weighted by Gasteiger charge is -2.12. The van der Waals surface area contributed by atoms with Crippen LogP contribution in [0.25, 0.3) is 0 Å². The number of hydrogen-bond acceptors (Lipinski definition) is 2. The molecule has 2 aromatic carbocycles. The van der Waals surface area contributed by atoms with Crippen LogP contribution in [-0.2, 0) is 0 Å². The Morgan fingerprint density at radius 2 is 2.00 bits per heavy atom. The molecule has 0 fully saturated rings. The normalized spacial score (nSPS) is 10.3. The van der Waals surface area contributed by atoms with Crippen LogP contribution < -0.4 is 10.5 Å². The van der Waals surface area contributed by atoms with Crippen molar-refractivity contribution in [3.63, 3.8) is 0 Å². The van der Waals surface area contributed by atoms with Gasteiger partial charge in [0.25, 0.3) is 5.91 Å². The molecule has 0 aliphatic rings. The standard InChI is InChI=1S/C14H11BrClNO2/c1-8-5-6-9(15)7-12(8)19-11-4-2-3-10(16)13(11)14(17)18/h2-7H,1H3,(H2,17,18). The number of amides is 1. The minimum Gasteiger partial charge on any atom is -0.456 e. The van der Waals surface area contributed by atoms with E-state index < -0.39 is 5.91 Å². The van der Waals surface area contributed by atoms with Crippen molar-refractivity contribution in [1.29, 1.82) is 0 Å². The number of hydrogen-bond donors (Lipinski definition) is 1. The van der Waals surface area contributed by atoms with E-state index in [0.717, 1.165) is 10.0 Å². The number of carbonyl (C=O) groups is 1. The first-order chi connectivity index (χ1) is 8.99. The Hall–Kier alpha value is -1.52. The van der Waals surface area contributed by atoms with E-state index in [9.17, 15) is 4.79 Å². The Kier molecular flexibility index (Phi) is 4.12. The van der Waals surface area contributed by atoms with Gasteiger partial charge in [-0.3, -0.25) is 4.79 Å². The predicted octanol–water partition coefficient (Wildman–Crippen LogP) is 4.30. The van der Waals surface area contributed by atoms with Gasteiger partial charge in [0, 0.05) is 4.47 Å². The minimum absolute atomic E-state index is 0.184. The lowest BCUT2D eigenvalue weighted by Crippen LogP contribution is -2.13. The predicted molar refractivity (Wildman–Crippen MR) is 78.9 cm³/mol. The van der Waals surface area contributed by atoms with Crippen LogP contribution in [0.5, 0.6) is 11.5 Å². The first-order valence-electron chi connectivity index (χ1n) is 5.51. The Labute approximate surface area is 124 Å². The Bertz CT molecular complexity index is 643. The number of ether oxygens (including phenoxy) is 1. The van der Waals surface area contributed by atoms with E-state index in [1.54, 1.807) is 18.2 Å². The van der Waals surface area contributed by atoms with Crippen LogP contribution in [0.3, 0.4) is 0 Å². The molecule has 0 atom stereocenters. The second-order valence-electron chi connectivity index (χ2n) is 3.99. The van der Waals surface area contributed by atoms with Crippen molar-refractivity contribution in [2.24, 2.45) is 5.73 Å². The van der Waals surface area contributed by atoms with Gasteiger partial charge in [0.2, 0.25) is 0 Å².